The minimum atomic E-state index is -0.258. The highest BCUT2D eigenvalue weighted by molar-refractivity contribution is 5.79. The number of guanidine groups is 1. The van der Waals surface area contributed by atoms with E-state index in [0.29, 0.717) is 42.7 Å². The first-order valence-electron chi connectivity index (χ1n) is 9.84. The summed E-state index contributed by atoms with van der Waals surface area (Å²) in [5.41, 5.74) is 1.67. The number of rotatable bonds is 9. The van der Waals surface area contributed by atoms with Gasteiger partial charge in [0.1, 0.15) is 5.82 Å². The van der Waals surface area contributed by atoms with Crippen LogP contribution in [0.2, 0.25) is 0 Å². The lowest BCUT2D eigenvalue weighted by Crippen LogP contribution is -2.44. The molecule has 2 rings (SSSR count). The Kier molecular flexibility index (Phi) is 8.33. The van der Waals surface area contributed by atoms with Gasteiger partial charge in [0.25, 0.3) is 0 Å². The van der Waals surface area contributed by atoms with Gasteiger partial charge in [0.05, 0.1) is 21.3 Å². The van der Waals surface area contributed by atoms with Crippen LogP contribution >= 0.6 is 0 Å². The third-order valence-corrected chi connectivity index (χ3v) is 5.00. The summed E-state index contributed by atoms with van der Waals surface area (Å²) in [6.45, 7) is 5.38. The molecule has 2 N–H and O–H groups in total. The van der Waals surface area contributed by atoms with Crippen LogP contribution in [-0.4, -0.2) is 47.4 Å². The average Bonchev–Trinajstić information content (AvgIpc) is 2.75. The highest BCUT2D eigenvalue weighted by Gasteiger charge is 2.21. The van der Waals surface area contributed by atoms with E-state index >= 15 is 0 Å². The molecule has 30 heavy (non-hydrogen) atoms. The molecule has 164 valence electrons. The summed E-state index contributed by atoms with van der Waals surface area (Å²) in [4.78, 5) is 4.28. The SMILES string of the molecule is CN=C(NCCc1ccc(OC)c(OC)c1OC)NCC(C)(C)c1cccc(F)c1. The Hall–Kier alpha value is -2.96. The molecule has 0 spiro atoms. The lowest BCUT2D eigenvalue weighted by atomic mass is 9.84. The largest absolute Gasteiger partial charge is 0.493 e. The van der Waals surface area contributed by atoms with E-state index in [1.807, 2.05) is 18.2 Å². The highest BCUT2D eigenvalue weighted by Crippen LogP contribution is 2.39. The number of ether oxygens (including phenoxy) is 3. The van der Waals surface area contributed by atoms with Crippen molar-refractivity contribution in [3.8, 4) is 17.2 Å². The molecule has 0 bridgehead atoms. The summed E-state index contributed by atoms with van der Waals surface area (Å²) in [5, 5.41) is 6.63. The zero-order valence-electron chi connectivity index (χ0n) is 18.6. The molecule has 0 aromatic heterocycles. The molecule has 6 nitrogen and oxygen atoms in total. The van der Waals surface area contributed by atoms with Crippen molar-refractivity contribution in [1.29, 1.82) is 0 Å². The fourth-order valence-corrected chi connectivity index (χ4v) is 3.21. The zero-order valence-corrected chi connectivity index (χ0v) is 18.6. The van der Waals surface area contributed by atoms with Gasteiger partial charge in [0.15, 0.2) is 17.5 Å². The number of nitrogens with zero attached hydrogens (tertiary/aromatic N) is 1. The maximum atomic E-state index is 13.6. The fraction of sp³-hybridized carbons (Fsp3) is 0.435. The monoisotopic (exact) mass is 417 g/mol. The van der Waals surface area contributed by atoms with Gasteiger partial charge in [-0.05, 0) is 30.2 Å². The van der Waals surface area contributed by atoms with Gasteiger partial charge >= 0.3 is 0 Å². The second-order valence-electron chi connectivity index (χ2n) is 7.49. The van der Waals surface area contributed by atoms with Crippen molar-refractivity contribution in [2.24, 2.45) is 4.99 Å². The Bertz CT molecular complexity index is 869. The molecule has 2 aromatic carbocycles. The van der Waals surface area contributed by atoms with Crippen LogP contribution in [0.3, 0.4) is 0 Å². The Morgan fingerprint density at radius 1 is 1.00 bits per heavy atom. The summed E-state index contributed by atoms with van der Waals surface area (Å²) in [6.07, 6.45) is 0.706. The number of hydrogen-bond acceptors (Lipinski definition) is 4. The Morgan fingerprint density at radius 2 is 1.73 bits per heavy atom. The number of methoxy groups -OCH3 is 3. The molecular formula is C23H32FN3O3. The third kappa shape index (κ3) is 5.78. The van der Waals surface area contributed by atoms with Crippen LogP contribution in [0, 0.1) is 5.82 Å². The minimum absolute atomic E-state index is 0.230. The van der Waals surface area contributed by atoms with Crippen molar-refractivity contribution in [2.75, 3.05) is 41.5 Å². The molecule has 2 aromatic rings. The predicted molar refractivity (Wildman–Crippen MR) is 119 cm³/mol. The molecule has 0 atom stereocenters. The van der Waals surface area contributed by atoms with Crippen LogP contribution in [0.4, 0.5) is 4.39 Å². The topological polar surface area (TPSA) is 64.1 Å². The number of halogens is 1. The lowest BCUT2D eigenvalue weighted by Gasteiger charge is -2.27. The zero-order chi connectivity index (χ0) is 22.1. The second kappa shape index (κ2) is 10.7. The van der Waals surface area contributed by atoms with Gasteiger partial charge in [0, 0.05) is 31.1 Å². The van der Waals surface area contributed by atoms with Crippen LogP contribution in [0.5, 0.6) is 17.2 Å². The standard InChI is InChI=1S/C23H32FN3O3/c1-23(2,17-8-7-9-18(24)14-17)15-27-22(25-3)26-13-12-16-10-11-19(28-4)21(30-6)20(16)29-5/h7-11,14H,12-13,15H2,1-6H3,(H2,25,26,27). The van der Waals surface area contributed by atoms with Crippen LogP contribution in [0.15, 0.2) is 41.4 Å². The van der Waals surface area contributed by atoms with Gasteiger partial charge in [-0.25, -0.2) is 4.39 Å². The smallest absolute Gasteiger partial charge is 0.203 e. The van der Waals surface area contributed by atoms with E-state index in [-0.39, 0.29) is 11.2 Å². The van der Waals surface area contributed by atoms with Gasteiger partial charge in [-0.2, -0.15) is 0 Å². The molecule has 0 saturated carbocycles. The molecule has 0 aliphatic carbocycles. The summed E-state index contributed by atoms with van der Waals surface area (Å²) in [7, 11) is 6.53. The maximum absolute atomic E-state index is 13.6. The Balaban J connectivity index is 1.97. The number of aliphatic imine (C=N–C) groups is 1. The summed E-state index contributed by atoms with van der Waals surface area (Å²) in [6, 6.07) is 10.5. The fourth-order valence-electron chi connectivity index (χ4n) is 3.21. The van der Waals surface area contributed by atoms with E-state index in [2.05, 4.69) is 29.5 Å². The normalized spacial score (nSPS) is 11.8. The van der Waals surface area contributed by atoms with Crippen molar-refractivity contribution >= 4 is 5.96 Å². The number of benzene rings is 2. The van der Waals surface area contributed by atoms with Gasteiger partial charge in [-0.3, -0.25) is 4.99 Å². The molecule has 0 amide bonds. The Morgan fingerprint density at radius 3 is 2.33 bits per heavy atom. The van der Waals surface area contributed by atoms with Gasteiger partial charge < -0.3 is 24.8 Å². The Labute approximate surface area is 178 Å². The van der Waals surface area contributed by atoms with Gasteiger partial charge in [-0.1, -0.05) is 32.0 Å². The summed E-state index contributed by atoms with van der Waals surface area (Å²) in [5.74, 6) is 2.32. The van der Waals surface area contributed by atoms with Crippen LogP contribution in [0.25, 0.3) is 0 Å². The first-order valence-corrected chi connectivity index (χ1v) is 9.84. The lowest BCUT2D eigenvalue weighted by molar-refractivity contribution is 0.322. The van der Waals surface area contributed by atoms with Crippen LogP contribution < -0.4 is 24.8 Å². The van der Waals surface area contributed by atoms with E-state index in [1.165, 1.54) is 6.07 Å². The average molecular weight is 418 g/mol. The van der Waals surface area contributed by atoms with Gasteiger partial charge in [-0.15, -0.1) is 0 Å². The third-order valence-electron chi connectivity index (χ3n) is 5.00. The molecule has 0 aliphatic rings. The molecule has 0 saturated heterocycles. The van der Waals surface area contributed by atoms with Crippen molar-refractivity contribution < 1.29 is 18.6 Å². The molecule has 0 aliphatic heterocycles. The summed E-state index contributed by atoms with van der Waals surface area (Å²) < 4.78 is 29.9. The molecule has 0 radical (unpaired) electrons. The van der Waals surface area contributed by atoms with E-state index in [9.17, 15) is 4.39 Å². The molecular weight excluding hydrogens is 385 g/mol. The van der Waals surface area contributed by atoms with E-state index in [0.717, 1.165) is 11.1 Å². The van der Waals surface area contributed by atoms with Crippen molar-refractivity contribution in [3.05, 3.63) is 53.3 Å². The maximum Gasteiger partial charge on any atom is 0.203 e. The minimum Gasteiger partial charge on any atom is -0.493 e. The van der Waals surface area contributed by atoms with Crippen molar-refractivity contribution in [1.82, 2.24) is 10.6 Å². The molecule has 7 heteroatoms. The molecule has 0 unspecified atom stereocenters. The van der Waals surface area contributed by atoms with Gasteiger partial charge in [0.2, 0.25) is 5.75 Å². The van der Waals surface area contributed by atoms with E-state index in [1.54, 1.807) is 40.5 Å². The molecule has 0 fully saturated rings. The highest BCUT2D eigenvalue weighted by atomic mass is 19.1. The number of hydrogen-bond donors (Lipinski definition) is 2. The van der Waals surface area contributed by atoms with E-state index in [4.69, 9.17) is 14.2 Å². The first-order chi connectivity index (χ1) is 14.4. The van der Waals surface area contributed by atoms with E-state index < -0.39 is 0 Å². The van der Waals surface area contributed by atoms with Crippen LogP contribution in [0.1, 0.15) is 25.0 Å². The quantitative estimate of drug-likeness (QED) is 0.483. The molecule has 0 heterocycles. The van der Waals surface area contributed by atoms with Crippen LogP contribution in [-0.2, 0) is 11.8 Å². The summed E-state index contributed by atoms with van der Waals surface area (Å²) >= 11 is 0. The second-order valence-corrected chi connectivity index (χ2v) is 7.49. The van der Waals surface area contributed by atoms with Crippen molar-refractivity contribution in [3.63, 3.8) is 0 Å². The predicted octanol–water partition coefficient (Wildman–Crippen LogP) is 3.54. The first kappa shape index (κ1) is 23.3. The van der Waals surface area contributed by atoms with Crippen molar-refractivity contribution in [2.45, 2.75) is 25.7 Å². The number of nitrogens with one attached hydrogen (secondary N) is 2.